The van der Waals surface area contributed by atoms with E-state index in [-0.39, 0.29) is 0 Å². The van der Waals surface area contributed by atoms with Gasteiger partial charge in [-0.1, -0.05) is 12.1 Å². The largest absolute Gasteiger partial charge is 0.378 e. The lowest BCUT2D eigenvalue weighted by Gasteiger charge is -2.35. The van der Waals surface area contributed by atoms with Crippen LogP contribution in [0.15, 0.2) is 42.6 Å². The Hall–Kier alpha value is -2.27. The Morgan fingerprint density at radius 3 is 2.64 bits per heavy atom. The highest BCUT2D eigenvalue weighted by molar-refractivity contribution is 5.55. The Bertz CT molecular complexity index is 801. The van der Waals surface area contributed by atoms with E-state index in [0.29, 0.717) is 6.04 Å². The standard InChI is InChI=1S/C23H30N4O/c1-3-19(18-6-7-18)15-21(5-1)27-10-2-4-20(17-27)25-23-16-22(8-9-24-23)26-11-13-28-14-12-26/h1,3,5,8-9,15-16,18,20H,2,4,6-7,10-14,17H2,(H,24,25)/t20-/m1/s1. The van der Waals surface area contributed by atoms with Gasteiger partial charge in [0, 0.05) is 55.9 Å². The Kier molecular flexibility index (Phi) is 5.08. The summed E-state index contributed by atoms with van der Waals surface area (Å²) < 4.78 is 5.48. The molecule has 0 radical (unpaired) electrons. The van der Waals surface area contributed by atoms with E-state index in [0.717, 1.165) is 51.1 Å². The van der Waals surface area contributed by atoms with Gasteiger partial charge in [-0.3, -0.25) is 0 Å². The molecule has 0 unspecified atom stereocenters. The number of piperidine rings is 1. The number of benzene rings is 1. The zero-order valence-corrected chi connectivity index (χ0v) is 16.5. The van der Waals surface area contributed by atoms with Gasteiger partial charge in [-0.05, 0) is 55.4 Å². The fourth-order valence-electron chi connectivity index (χ4n) is 4.45. The number of morpholine rings is 1. The molecule has 1 aromatic carbocycles. The van der Waals surface area contributed by atoms with E-state index < -0.39 is 0 Å². The maximum atomic E-state index is 5.48. The molecule has 1 aliphatic carbocycles. The lowest BCUT2D eigenvalue weighted by molar-refractivity contribution is 0.122. The molecule has 3 aliphatic rings. The first-order valence-electron chi connectivity index (χ1n) is 10.8. The lowest BCUT2D eigenvalue weighted by Crippen LogP contribution is -2.42. The third-order valence-electron chi connectivity index (χ3n) is 6.18. The molecule has 0 bridgehead atoms. The molecule has 148 valence electrons. The van der Waals surface area contributed by atoms with Crippen LogP contribution < -0.4 is 15.1 Å². The minimum atomic E-state index is 0.436. The number of hydrogen-bond donors (Lipinski definition) is 1. The van der Waals surface area contributed by atoms with E-state index >= 15 is 0 Å². The van der Waals surface area contributed by atoms with Crippen LogP contribution in [0, 0.1) is 0 Å². The van der Waals surface area contributed by atoms with Crippen LogP contribution in [0.1, 0.15) is 37.2 Å². The average Bonchev–Trinajstić information content (AvgIpc) is 3.61. The second kappa shape index (κ2) is 8.00. The zero-order valence-electron chi connectivity index (χ0n) is 16.5. The third-order valence-corrected chi connectivity index (χ3v) is 6.18. The summed E-state index contributed by atoms with van der Waals surface area (Å²) in [5.74, 6) is 1.80. The molecular weight excluding hydrogens is 348 g/mol. The van der Waals surface area contributed by atoms with E-state index in [4.69, 9.17) is 4.74 Å². The molecule has 1 saturated carbocycles. The predicted octanol–water partition coefficient (Wildman–Crippen LogP) is 3.88. The maximum absolute atomic E-state index is 5.48. The van der Waals surface area contributed by atoms with E-state index in [9.17, 15) is 0 Å². The van der Waals surface area contributed by atoms with Crippen LogP contribution in [-0.4, -0.2) is 50.4 Å². The number of rotatable bonds is 5. The molecule has 1 N–H and O–H groups in total. The molecule has 5 heteroatoms. The summed E-state index contributed by atoms with van der Waals surface area (Å²) in [5.41, 5.74) is 4.14. The fraction of sp³-hybridized carbons (Fsp3) is 0.522. The van der Waals surface area contributed by atoms with Crippen LogP contribution >= 0.6 is 0 Å². The van der Waals surface area contributed by atoms with E-state index in [1.807, 2.05) is 6.20 Å². The maximum Gasteiger partial charge on any atom is 0.128 e. The van der Waals surface area contributed by atoms with Gasteiger partial charge in [0.1, 0.15) is 5.82 Å². The van der Waals surface area contributed by atoms with Crippen molar-refractivity contribution in [2.75, 3.05) is 54.5 Å². The number of pyridine rings is 1. The normalized spacial score (nSPS) is 22.9. The van der Waals surface area contributed by atoms with Gasteiger partial charge in [-0.25, -0.2) is 4.98 Å². The van der Waals surface area contributed by atoms with Crippen molar-refractivity contribution in [3.8, 4) is 0 Å². The van der Waals surface area contributed by atoms with Gasteiger partial charge >= 0.3 is 0 Å². The fourth-order valence-corrected chi connectivity index (χ4v) is 4.45. The molecule has 1 aromatic heterocycles. The van der Waals surface area contributed by atoms with Crippen LogP contribution in [0.4, 0.5) is 17.2 Å². The Morgan fingerprint density at radius 2 is 1.79 bits per heavy atom. The Balaban J connectivity index is 1.25. The van der Waals surface area contributed by atoms with E-state index in [1.165, 1.54) is 42.6 Å². The minimum absolute atomic E-state index is 0.436. The SMILES string of the molecule is c1cc(C2CC2)cc(N2CCC[C@@H](Nc3cc(N4CCOCC4)ccn3)C2)c1. The van der Waals surface area contributed by atoms with Crippen LogP contribution in [0.3, 0.4) is 0 Å². The van der Waals surface area contributed by atoms with Crippen molar-refractivity contribution in [2.24, 2.45) is 0 Å². The van der Waals surface area contributed by atoms with Gasteiger partial charge in [-0.15, -0.1) is 0 Å². The number of ether oxygens (including phenoxy) is 1. The number of anilines is 3. The van der Waals surface area contributed by atoms with Gasteiger partial charge in [0.15, 0.2) is 0 Å². The van der Waals surface area contributed by atoms with Gasteiger partial charge in [0.05, 0.1) is 13.2 Å². The third kappa shape index (κ3) is 4.09. The van der Waals surface area contributed by atoms with Crippen molar-refractivity contribution in [3.05, 3.63) is 48.2 Å². The molecule has 2 aliphatic heterocycles. The first-order chi connectivity index (χ1) is 13.8. The summed E-state index contributed by atoms with van der Waals surface area (Å²) in [5, 5.41) is 3.70. The van der Waals surface area contributed by atoms with Gasteiger partial charge < -0.3 is 19.9 Å². The molecule has 2 saturated heterocycles. The zero-order chi connectivity index (χ0) is 18.8. The highest BCUT2D eigenvalue weighted by atomic mass is 16.5. The molecule has 3 heterocycles. The summed E-state index contributed by atoms with van der Waals surface area (Å²) in [6.45, 7) is 5.71. The summed E-state index contributed by atoms with van der Waals surface area (Å²) >= 11 is 0. The quantitative estimate of drug-likeness (QED) is 0.855. The molecule has 1 atom stereocenters. The molecule has 5 rings (SSSR count). The molecular formula is C23H30N4O. The number of aromatic nitrogens is 1. The summed E-state index contributed by atoms with van der Waals surface area (Å²) in [4.78, 5) is 9.51. The predicted molar refractivity (Wildman–Crippen MR) is 115 cm³/mol. The van der Waals surface area contributed by atoms with Crippen LogP contribution in [0.2, 0.25) is 0 Å². The monoisotopic (exact) mass is 378 g/mol. The average molecular weight is 379 g/mol. The number of nitrogens with one attached hydrogen (secondary N) is 1. The number of nitrogens with zero attached hydrogens (tertiary/aromatic N) is 3. The van der Waals surface area contributed by atoms with E-state index in [2.05, 4.69) is 56.5 Å². The minimum Gasteiger partial charge on any atom is -0.378 e. The molecule has 0 amide bonds. The highest BCUT2D eigenvalue weighted by Crippen LogP contribution is 2.41. The van der Waals surface area contributed by atoms with Gasteiger partial charge in [0.2, 0.25) is 0 Å². The Labute approximate surface area is 167 Å². The van der Waals surface area contributed by atoms with Crippen molar-refractivity contribution in [1.82, 2.24) is 4.98 Å². The first-order valence-corrected chi connectivity index (χ1v) is 10.8. The first kappa shape index (κ1) is 17.8. The van der Waals surface area contributed by atoms with Crippen molar-refractivity contribution in [1.29, 1.82) is 0 Å². The van der Waals surface area contributed by atoms with Crippen molar-refractivity contribution in [2.45, 2.75) is 37.6 Å². The second-order valence-electron chi connectivity index (χ2n) is 8.30. The van der Waals surface area contributed by atoms with E-state index in [1.54, 1.807) is 0 Å². The van der Waals surface area contributed by atoms with Crippen LogP contribution in [0.5, 0.6) is 0 Å². The van der Waals surface area contributed by atoms with Crippen LogP contribution in [0.25, 0.3) is 0 Å². The van der Waals surface area contributed by atoms with Gasteiger partial charge in [-0.2, -0.15) is 0 Å². The lowest BCUT2D eigenvalue weighted by atomic mass is 10.0. The molecule has 0 spiro atoms. The molecule has 2 aromatic rings. The molecule has 3 fully saturated rings. The smallest absolute Gasteiger partial charge is 0.128 e. The van der Waals surface area contributed by atoms with Gasteiger partial charge in [0.25, 0.3) is 0 Å². The summed E-state index contributed by atoms with van der Waals surface area (Å²) in [7, 11) is 0. The molecule has 5 nitrogen and oxygen atoms in total. The molecule has 28 heavy (non-hydrogen) atoms. The van der Waals surface area contributed by atoms with Crippen molar-refractivity contribution in [3.63, 3.8) is 0 Å². The topological polar surface area (TPSA) is 40.6 Å². The second-order valence-corrected chi connectivity index (χ2v) is 8.30. The van der Waals surface area contributed by atoms with Crippen LogP contribution in [-0.2, 0) is 4.74 Å². The Morgan fingerprint density at radius 1 is 0.929 bits per heavy atom. The number of hydrogen-bond acceptors (Lipinski definition) is 5. The van der Waals surface area contributed by atoms with Crippen molar-refractivity contribution < 1.29 is 4.74 Å². The summed E-state index contributed by atoms with van der Waals surface area (Å²) in [6, 6.07) is 13.9. The van der Waals surface area contributed by atoms with Crippen molar-refractivity contribution >= 4 is 17.2 Å². The highest BCUT2D eigenvalue weighted by Gasteiger charge is 2.25. The summed E-state index contributed by atoms with van der Waals surface area (Å²) in [6.07, 6.45) is 7.06.